The van der Waals surface area contributed by atoms with Crippen molar-refractivity contribution in [2.45, 2.75) is 0 Å². The number of anilines is 2. The lowest BCUT2D eigenvalue weighted by molar-refractivity contribution is 1.30. The van der Waals surface area contributed by atoms with Gasteiger partial charge in [-0.2, -0.15) is 0 Å². The van der Waals surface area contributed by atoms with Gasteiger partial charge < -0.3 is 11.1 Å². The number of nitrogens with zero attached hydrogens (tertiary/aromatic N) is 1. The van der Waals surface area contributed by atoms with E-state index in [2.05, 4.69) is 10.3 Å². The van der Waals surface area contributed by atoms with Crippen LogP contribution >= 0.6 is 35.4 Å². The van der Waals surface area contributed by atoms with Crippen LogP contribution in [0.2, 0.25) is 10.0 Å². The van der Waals surface area contributed by atoms with Crippen molar-refractivity contribution >= 4 is 51.9 Å². The lowest BCUT2D eigenvalue weighted by Gasteiger charge is -2.07. The maximum Gasteiger partial charge on any atom is 0.130 e. The van der Waals surface area contributed by atoms with Gasteiger partial charge in [0.1, 0.15) is 10.8 Å². The van der Waals surface area contributed by atoms with Crippen molar-refractivity contribution in [2.24, 2.45) is 5.73 Å². The SMILES string of the molecule is NC(=S)c1ccnc(Nc2ccc(Cl)c(Cl)c2)c1. The first-order chi connectivity index (χ1) is 8.56. The molecule has 1 heterocycles. The highest BCUT2D eigenvalue weighted by molar-refractivity contribution is 7.80. The minimum absolute atomic E-state index is 0.328. The highest BCUT2D eigenvalue weighted by Crippen LogP contribution is 2.26. The standard InChI is InChI=1S/C12H9Cl2N3S/c13-9-2-1-8(6-10(9)14)17-11-5-7(12(15)18)3-4-16-11/h1-6H,(H2,15,18)(H,16,17). The number of benzene rings is 1. The summed E-state index contributed by atoms with van der Waals surface area (Å²) in [4.78, 5) is 4.50. The molecule has 3 N–H and O–H groups in total. The number of hydrogen-bond donors (Lipinski definition) is 2. The Labute approximate surface area is 120 Å². The molecule has 0 unspecified atom stereocenters. The van der Waals surface area contributed by atoms with Gasteiger partial charge >= 0.3 is 0 Å². The summed E-state index contributed by atoms with van der Waals surface area (Å²) in [6.45, 7) is 0. The van der Waals surface area contributed by atoms with E-state index in [1.54, 1.807) is 30.5 Å². The molecule has 0 fully saturated rings. The molecular formula is C12H9Cl2N3S. The first-order valence-electron chi connectivity index (χ1n) is 5.04. The normalized spacial score (nSPS) is 10.1. The molecule has 0 atom stereocenters. The molecule has 0 saturated heterocycles. The summed E-state index contributed by atoms with van der Waals surface area (Å²) < 4.78 is 0. The summed E-state index contributed by atoms with van der Waals surface area (Å²) in [5, 5.41) is 4.08. The van der Waals surface area contributed by atoms with Crippen molar-refractivity contribution in [3.8, 4) is 0 Å². The van der Waals surface area contributed by atoms with Crippen molar-refractivity contribution in [1.82, 2.24) is 4.98 Å². The zero-order valence-electron chi connectivity index (χ0n) is 9.15. The Bertz CT molecular complexity index is 602. The van der Waals surface area contributed by atoms with Crippen LogP contribution in [-0.4, -0.2) is 9.97 Å². The Morgan fingerprint density at radius 2 is 1.94 bits per heavy atom. The van der Waals surface area contributed by atoms with Crippen molar-refractivity contribution in [3.63, 3.8) is 0 Å². The van der Waals surface area contributed by atoms with Crippen LogP contribution in [-0.2, 0) is 0 Å². The molecule has 0 saturated carbocycles. The average Bonchev–Trinajstić information content (AvgIpc) is 2.34. The first-order valence-corrected chi connectivity index (χ1v) is 6.20. The Balaban J connectivity index is 2.25. The quantitative estimate of drug-likeness (QED) is 0.847. The fourth-order valence-corrected chi connectivity index (χ4v) is 1.80. The minimum Gasteiger partial charge on any atom is -0.389 e. The lowest BCUT2D eigenvalue weighted by atomic mass is 10.2. The van der Waals surface area contributed by atoms with E-state index in [0.29, 0.717) is 20.9 Å². The Morgan fingerprint density at radius 1 is 1.17 bits per heavy atom. The van der Waals surface area contributed by atoms with Gasteiger partial charge in [-0.15, -0.1) is 0 Å². The van der Waals surface area contributed by atoms with Crippen LogP contribution in [0.3, 0.4) is 0 Å². The predicted octanol–water partition coefficient (Wildman–Crippen LogP) is 3.77. The number of halogens is 2. The fourth-order valence-electron chi connectivity index (χ4n) is 1.37. The van der Waals surface area contributed by atoms with Gasteiger partial charge in [-0.05, 0) is 30.3 Å². The van der Waals surface area contributed by atoms with E-state index in [-0.39, 0.29) is 0 Å². The zero-order chi connectivity index (χ0) is 13.1. The van der Waals surface area contributed by atoms with E-state index < -0.39 is 0 Å². The largest absolute Gasteiger partial charge is 0.389 e. The van der Waals surface area contributed by atoms with Gasteiger partial charge in [-0.3, -0.25) is 0 Å². The van der Waals surface area contributed by atoms with E-state index in [0.717, 1.165) is 11.3 Å². The minimum atomic E-state index is 0.328. The molecule has 0 amide bonds. The van der Waals surface area contributed by atoms with Gasteiger partial charge in [-0.25, -0.2) is 4.98 Å². The Kier molecular flexibility index (Phi) is 4.01. The van der Waals surface area contributed by atoms with Crippen LogP contribution in [0.1, 0.15) is 5.56 Å². The maximum absolute atomic E-state index is 5.93. The summed E-state index contributed by atoms with van der Waals surface area (Å²) in [6, 6.07) is 8.76. The highest BCUT2D eigenvalue weighted by Gasteiger charge is 2.02. The predicted molar refractivity (Wildman–Crippen MR) is 79.9 cm³/mol. The van der Waals surface area contributed by atoms with Crippen molar-refractivity contribution in [3.05, 3.63) is 52.1 Å². The van der Waals surface area contributed by atoms with Crippen LogP contribution in [0.25, 0.3) is 0 Å². The van der Waals surface area contributed by atoms with E-state index in [1.165, 1.54) is 0 Å². The number of nitrogens with two attached hydrogens (primary N) is 1. The van der Waals surface area contributed by atoms with Gasteiger partial charge in [0.15, 0.2) is 0 Å². The van der Waals surface area contributed by atoms with Gasteiger partial charge in [-0.1, -0.05) is 35.4 Å². The molecule has 1 aromatic carbocycles. The second-order valence-electron chi connectivity index (χ2n) is 3.55. The van der Waals surface area contributed by atoms with E-state index in [9.17, 15) is 0 Å². The summed E-state index contributed by atoms with van der Waals surface area (Å²) >= 11 is 16.7. The van der Waals surface area contributed by atoms with Gasteiger partial charge in [0.2, 0.25) is 0 Å². The third-order valence-corrected chi connectivity index (χ3v) is 3.21. The third-order valence-electron chi connectivity index (χ3n) is 2.24. The topological polar surface area (TPSA) is 50.9 Å². The molecule has 2 aromatic rings. The summed E-state index contributed by atoms with van der Waals surface area (Å²) in [7, 11) is 0. The number of pyridine rings is 1. The molecule has 0 radical (unpaired) electrons. The van der Waals surface area contributed by atoms with Crippen LogP contribution in [0.15, 0.2) is 36.5 Å². The third kappa shape index (κ3) is 3.10. The number of rotatable bonds is 3. The van der Waals surface area contributed by atoms with Crippen LogP contribution in [0.5, 0.6) is 0 Å². The summed E-state index contributed by atoms with van der Waals surface area (Å²) in [6.07, 6.45) is 1.63. The molecule has 0 aliphatic carbocycles. The summed E-state index contributed by atoms with van der Waals surface area (Å²) in [5.41, 5.74) is 7.10. The van der Waals surface area contributed by atoms with Crippen LogP contribution in [0, 0.1) is 0 Å². The van der Waals surface area contributed by atoms with Gasteiger partial charge in [0, 0.05) is 17.4 Å². The molecule has 0 aliphatic rings. The Hall–Kier alpha value is -1.36. The fraction of sp³-hybridized carbons (Fsp3) is 0. The van der Waals surface area contributed by atoms with E-state index in [1.807, 2.05) is 6.07 Å². The lowest BCUT2D eigenvalue weighted by Crippen LogP contribution is -2.09. The molecule has 1 aromatic heterocycles. The molecule has 18 heavy (non-hydrogen) atoms. The molecule has 0 aliphatic heterocycles. The number of hydrogen-bond acceptors (Lipinski definition) is 3. The van der Waals surface area contributed by atoms with E-state index in [4.69, 9.17) is 41.2 Å². The van der Waals surface area contributed by atoms with Gasteiger partial charge in [0.05, 0.1) is 10.0 Å². The van der Waals surface area contributed by atoms with Crippen LogP contribution < -0.4 is 11.1 Å². The zero-order valence-corrected chi connectivity index (χ0v) is 11.5. The highest BCUT2D eigenvalue weighted by atomic mass is 35.5. The summed E-state index contributed by atoms with van der Waals surface area (Å²) in [5.74, 6) is 0.638. The molecular weight excluding hydrogens is 289 g/mol. The van der Waals surface area contributed by atoms with Crippen molar-refractivity contribution < 1.29 is 0 Å². The number of thiocarbonyl (C=S) groups is 1. The van der Waals surface area contributed by atoms with Crippen LogP contribution in [0.4, 0.5) is 11.5 Å². The second-order valence-corrected chi connectivity index (χ2v) is 4.80. The van der Waals surface area contributed by atoms with E-state index >= 15 is 0 Å². The molecule has 6 heteroatoms. The van der Waals surface area contributed by atoms with Crippen molar-refractivity contribution in [1.29, 1.82) is 0 Å². The smallest absolute Gasteiger partial charge is 0.130 e. The molecule has 92 valence electrons. The van der Waals surface area contributed by atoms with Crippen molar-refractivity contribution in [2.75, 3.05) is 5.32 Å². The number of nitrogens with one attached hydrogen (secondary N) is 1. The monoisotopic (exact) mass is 297 g/mol. The first kappa shape index (κ1) is 13.1. The van der Waals surface area contributed by atoms with Gasteiger partial charge in [0.25, 0.3) is 0 Å². The number of aromatic nitrogens is 1. The average molecular weight is 298 g/mol. The molecule has 2 rings (SSSR count). The molecule has 0 bridgehead atoms. The molecule has 0 spiro atoms. The Morgan fingerprint density at radius 3 is 2.61 bits per heavy atom. The molecule has 3 nitrogen and oxygen atoms in total. The second kappa shape index (κ2) is 5.52. The maximum atomic E-state index is 5.93.